The van der Waals surface area contributed by atoms with Gasteiger partial charge >= 0.3 is 0 Å². The maximum absolute atomic E-state index is 10.1. The Morgan fingerprint density at radius 2 is 2.40 bits per heavy atom. The first-order valence-corrected chi connectivity index (χ1v) is 6.38. The normalized spacial score (nSPS) is 13.0. The summed E-state index contributed by atoms with van der Waals surface area (Å²) < 4.78 is 2.75. The van der Waals surface area contributed by atoms with E-state index >= 15 is 0 Å². The Morgan fingerprint density at radius 1 is 1.60 bits per heavy atom. The first kappa shape index (κ1) is 10.9. The maximum Gasteiger partial charge on any atom is 0.109 e. The van der Waals surface area contributed by atoms with Crippen LogP contribution in [0.3, 0.4) is 0 Å². The van der Waals surface area contributed by atoms with Crippen molar-refractivity contribution in [1.29, 1.82) is 0 Å². The summed E-state index contributed by atoms with van der Waals surface area (Å²) in [5.41, 5.74) is 1.73. The van der Waals surface area contributed by atoms with Crippen LogP contribution < -0.4 is 0 Å². The van der Waals surface area contributed by atoms with Gasteiger partial charge < -0.3 is 5.11 Å². The molecule has 1 atom stereocenters. The van der Waals surface area contributed by atoms with Crippen LogP contribution in [-0.2, 0) is 6.54 Å². The Kier molecular flexibility index (Phi) is 3.23. The van der Waals surface area contributed by atoms with E-state index in [-0.39, 0.29) is 0 Å². The van der Waals surface area contributed by atoms with Crippen molar-refractivity contribution in [3.63, 3.8) is 0 Å². The predicted molar refractivity (Wildman–Crippen MR) is 64.0 cm³/mol. The first-order chi connectivity index (χ1) is 7.22. The molecule has 0 aliphatic heterocycles. The highest BCUT2D eigenvalue weighted by atomic mass is 79.9. The van der Waals surface area contributed by atoms with E-state index in [1.807, 2.05) is 23.9 Å². The molecule has 0 radical (unpaired) electrons. The summed E-state index contributed by atoms with van der Waals surface area (Å²) in [6.07, 6.45) is 2.98. The zero-order valence-electron chi connectivity index (χ0n) is 8.22. The van der Waals surface area contributed by atoms with E-state index in [9.17, 15) is 5.11 Å². The van der Waals surface area contributed by atoms with Crippen LogP contribution in [0, 0.1) is 0 Å². The molecule has 0 aliphatic carbocycles. The average Bonchev–Trinajstić information content (AvgIpc) is 2.84. The van der Waals surface area contributed by atoms with Gasteiger partial charge in [-0.05, 0) is 28.2 Å². The molecule has 0 spiro atoms. The standard InChI is InChI=1S/C10H11BrN2OS/c1-2-13-4-7(3-12-13)10(14)8-5-15-6-9(8)11/h3-6,10,14H,2H2,1H3. The third-order valence-corrected chi connectivity index (χ3v) is 3.98. The number of aliphatic hydroxyl groups excluding tert-OH is 1. The van der Waals surface area contributed by atoms with Gasteiger partial charge in [-0.1, -0.05) is 0 Å². The molecule has 0 amide bonds. The van der Waals surface area contributed by atoms with Crippen LogP contribution in [0.4, 0.5) is 0 Å². The minimum atomic E-state index is -0.592. The number of aliphatic hydroxyl groups is 1. The SMILES string of the molecule is CCn1cc(C(O)c2cscc2Br)cn1. The van der Waals surface area contributed by atoms with E-state index in [0.717, 1.165) is 22.1 Å². The number of rotatable bonds is 3. The molecule has 0 aliphatic rings. The third kappa shape index (κ3) is 2.14. The number of hydrogen-bond donors (Lipinski definition) is 1. The summed E-state index contributed by atoms with van der Waals surface area (Å²) in [5.74, 6) is 0. The largest absolute Gasteiger partial charge is 0.383 e. The van der Waals surface area contributed by atoms with Gasteiger partial charge in [0, 0.05) is 33.7 Å². The fraction of sp³-hybridized carbons (Fsp3) is 0.300. The highest BCUT2D eigenvalue weighted by Crippen LogP contribution is 2.31. The van der Waals surface area contributed by atoms with Crippen LogP contribution >= 0.6 is 27.3 Å². The lowest BCUT2D eigenvalue weighted by molar-refractivity contribution is 0.220. The van der Waals surface area contributed by atoms with Crippen LogP contribution in [0.5, 0.6) is 0 Å². The highest BCUT2D eigenvalue weighted by Gasteiger charge is 2.15. The van der Waals surface area contributed by atoms with Gasteiger partial charge in [-0.15, -0.1) is 0 Å². The fourth-order valence-corrected chi connectivity index (χ4v) is 2.89. The quantitative estimate of drug-likeness (QED) is 0.942. The summed E-state index contributed by atoms with van der Waals surface area (Å²) in [6, 6.07) is 0. The monoisotopic (exact) mass is 286 g/mol. The lowest BCUT2D eigenvalue weighted by Crippen LogP contribution is -1.97. The molecule has 0 aromatic carbocycles. The van der Waals surface area contributed by atoms with Crippen molar-refractivity contribution in [2.24, 2.45) is 0 Å². The van der Waals surface area contributed by atoms with Crippen molar-refractivity contribution in [1.82, 2.24) is 9.78 Å². The van der Waals surface area contributed by atoms with E-state index in [0.29, 0.717) is 0 Å². The second kappa shape index (κ2) is 4.47. The van der Waals surface area contributed by atoms with Gasteiger partial charge in [-0.2, -0.15) is 16.4 Å². The van der Waals surface area contributed by atoms with Crippen LogP contribution in [0.1, 0.15) is 24.2 Å². The summed E-state index contributed by atoms with van der Waals surface area (Å²) >= 11 is 4.98. The Bertz CT molecular complexity index is 452. The Balaban J connectivity index is 2.28. The summed E-state index contributed by atoms with van der Waals surface area (Å²) in [4.78, 5) is 0. The van der Waals surface area contributed by atoms with E-state index in [4.69, 9.17) is 0 Å². The smallest absolute Gasteiger partial charge is 0.109 e. The van der Waals surface area contributed by atoms with Crippen molar-refractivity contribution < 1.29 is 5.11 Å². The molecular formula is C10H11BrN2OS. The van der Waals surface area contributed by atoms with Gasteiger partial charge in [-0.25, -0.2) is 0 Å². The number of aromatic nitrogens is 2. The number of hydrogen-bond acceptors (Lipinski definition) is 3. The van der Waals surface area contributed by atoms with Gasteiger partial charge in [0.15, 0.2) is 0 Å². The molecule has 2 aromatic heterocycles. The topological polar surface area (TPSA) is 38.0 Å². The molecule has 0 saturated heterocycles. The van der Waals surface area contributed by atoms with Crippen LogP contribution in [0.2, 0.25) is 0 Å². The molecule has 1 unspecified atom stereocenters. The molecule has 0 bridgehead atoms. The van der Waals surface area contributed by atoms with E-state index in [1.165, 1.54) is 0 Å². The zero-order valence-corrected chi connectivity index (χ0v) is 10.6. The van der Waals surface area contributed by atoms with Gasteiger partial charge in [0.05, 0.1) is 6.20 Å². The summed E-state index contributed by atoms with van der Waals surface area (Å²) in [7, 11) is 0. The molecule has 1 N–H and O–H groups in total. The second-order valence-corrected chi connectivity index (χ2v) is 4.80. The average molecular weight is 287 g/mol. The van der Waals surface area contributed by atoms with E-state index in [2.05, 4.69) is 21.0 Å². The van der Waals surface area contributed by atoms with Gasteiger partial charge in [0.1, 0.15) is 6.10 Å². The Morgan fingerprint density at radius 3 is 2.93 bits per heavy atom. The highest BCUT2D eigenvalue weighted by molar-refractivity contribution is 9.10. The van der Waals surface area contributed by atoms with Crippen LogP contribution in [0.25, 0.3) is 0 Å². The van der Waals surface area contributed by atoms with Crippen LogP contribution in [-0.4, -0.2) is 14.9 Å². The second-order valence-electron chi connectivity index (χ2n) is 3.21. The van der Waals surface area contributed by atoms with Gasteiger partial charge in [0.2, 0.25) is 0 Å². The minimum Gasteiger partial charge on any atom is -0.383 e. The summed E-state index contributed by atoms with van der Waals surface area (Å²) in [6.45, 7) is 2.83. The zero-order chi connectivity index (χ0) is 10.8. The molecule has 5 heteroatoms. The van der Waals surface area contributed by atoms with Crippen molar-refractivity contribution in [3.8, 4) is 0 Å². The predicted octanol–water partition coefficient (Wildman–Crippen LogP) is 2.81. The van der Waals surface area contributed by atoms with Crippen molar-refractivity contribution in [3.05, 3.63) is 38.8 Å². The van der Waals surface area contributed by atoms with Crippen molar-refractivity contribution in [2.45, 2.75) is 19.6 Å². The van der Waals surface area contributed by atoms with Crippen molar-refractivity contribution in [2.75, 3.05) is 0 Å². The number of nitrogens with zero attached hydrogens (tertiary/aromatic N) is 2. The Labute approximate surface area is 100 Å². The van der Waals surface area contributed by atoms with E-state index < -0.39 is 6.10 Å². The molecule has 2 rings (SSSR count). The minimum absolute atomic E-state index is 0.592. The molecule has 80 valence electrons. The molecule has 2 heterocycles. The molecular weight excluding hydrogens is 276 g/mol. The number of thiophene rings is 1. The Hall–Kier alpha value is -0.650. The van der Waals surface area contributed by atoms with Crippen LogP contribution in [0.15, 0.2) is 27.6 Å². The third-order valence-electron chi connectivity index (χ3n) is 2.23. The molecule has 3 nitrogen and oxygen atoms in total. The number of aryl methyl sites for hydroxylation is 1. The molecule has 0 fully saturated rings. The van der Waals surface area contributed by atoms with E-state index in [1.54, 1.807) is 22.2 Å². The van der Waals surface area contributed by atoms with Gasteiger partial charge in [-0.3, -0.25) is 4.68 Å². The van der Waals surface area contributed by atoms with Crippen molar-refractivity contribution >= 4 is 27.3 Å². The summed E-state index contributed by atoms with van der Waals surface area (Å²) in [5, 5.41) is 18.1. The maximum atomic E-state index is 10.1. The lowest BCUT2D eigenvalue weighted by Gasteiger charge is -2.06. The molecule has 15 heavy (non-hydrogen) atoms. The first-order valence-electron chi connectivity index (χ1n) is 4.64. The molecule has 0 saturated carbocycles. The fourth-order valence-electron chi connectivity index (χ4n) is 1.36. The number of halogens is 1. The lowest BCUT2D eigenvalue weighted by atomic mass is 10.1. The molecule has 2 aromatic rings. The van der Waals surface area contributed by atoms with Gasteiger partial charge in [0.25, 0.3) is 0 Å².